The van der Waals surface area contributed by atoms with Crippen LogP contribution in [0.3, 0.4) is 0 Å². The molecule has 0 atom stereocenters. The number of rotatable bonds is 2. The van der Waals surface area contributed by atoms with Crippen molar-refractivity contribution in [3.63, 3.8) is 0 Å². The molecule has 1 aromatic rings. The third kappa shape index (κ3) is 1.62. The summed E-state index contributed by atoms with van der Waals surface area (Å²) in [7, 11) is 3.66. The van der Waals surface area contributed by atoms with Gasteiger partial charge in [0.05, 0.1) is 0 Å². The van der Waals surface area contributed by atoms with E-state index in [0.717, 1.165) is 31.5 Å². The average molecular weight is 235 g/mol. The summed E-state index contributed by atoms with van der Waals surface area (Å²) in [6.07, 6.45) is 4.31. The largest absolute Gasteiger partial charge is 0.349 e. The molecule has 1 amide bonds. The second-order valence-corrected chi connectivity index (χ2v) is 5.71. The molecule has 0 aliphatic heterocycles. The van der Waals surface area contributed by atoms with Crippen molar-refractivity contribution < 1.29 is 4.79 Å². The molecule has 6 nitrogen and oxygen atoms in total. The van der Waals surface area contributed by atoms with Crippen molar-refractivity contribution >= 4 is 5.91 Å². The number of hydrogen-bond donors (Lipinski definition) is 1. The molecule has 2 fully saturated rings. The van der Waals surface area contributed by atoms with Crippen LogP contribution in [0.4, 0.5) is 0 Å². The highest BCUT2D eigenvalue weighted by Crippen LogP contribution is 2.63. The summed E-state index contributed by atoms with van der Waals surface area (Å²) in [5.74, 6) is 1.80. The first kappa shape index (κ1) is 10.7. The Labute approximate surface area is 99.8 Å². The number of hydrogen-bond acceptors (Lipinski definition) is 4. The summed E-state index contributed by atoms with van der Waals surface area (Å²) in [6.45, 7) is 0. The van der Waals surface area contributed by atoms with Crippen LogP contribution in [0.5, 0.6) is 0 Å². The third-order valence-corrected chi connectivity index (χ3v) is 4.23. The van der Waals surface area contributed by atoms with Crippen LogP contribution in [0.15, 0.2) is 0 Å². The number of carbonyl (C=O) groups excluding carboxylic acids is 1. The van der Waals surface area contributed by atoms with Crippen molar-refractivity contribution in [1.82, 2.24) is 25.5 Å². The molecule has 1 heterocycles. The fourth-order valence-electron chi connectivity index (χ4n) is 3.37. The molecule has 2 aliphatic carbocycles. The topological polar surface area (TPSA) is 74.8 Å². The second kappa shape index (κ2) is 3.51. The Morgan fingerprint density at radius 2 is 2.06 bits per heavy atom. The van der Waals surface area contributed by atoms with E-state index in [9.17, 15) is 4.79 Å². The van der Waals surface area contributed by atoms with Gasteiger partial charge < -0.3 is 4.90 Å². The molecule has 2 saturated carbocycles. The number of H-pyrrole nitrogens is 1. The monoisotopic (exact) mass is 235 g/mol. The maximum absolute atomic E-state index is 11.7. The van der Waals surface area contributed by atoms with E-state index in [4.69, 9.17) is 0 Å². The Balaban J connectivity index is 1.53. The number of tetrazole rings is 1. The van der Waals surface area contributed by atoms with Gasteiger partial charge in [0.2, 0.25) is 5.91 Å². The van der Waals surface area contributed by atoms with Crippen molar-refractivity contribution in [2.24, 2.45) is 11.3 Å². The van der Waals surface area contributed by atoms with Crippen LogP contribution in [0.1, 0.15) is 37.4 Å². The van der Waals surface area contributed by atoms with Crippen molar-refractivity contribution in [1.29, 1.82) is 0 Å². The van der Waals surface area contributed by atoms with E-state index in [0.29, 0.717) is 11.3 Å². The molecule has 92 valence electrons. The molecule has 17 heavy (non-hydrogen) atoms. The summed E-state index contributed by atoms with van der Waals surface area (Å²) < 4.78 is 0. The molecular weight excluding hydrogens is 218 g/mol. The van der Waals surface area contributed by atoms with Crippen LogP contribution in [-0.2, 0) is 4.79 Å². The van der Waals surface area contributed by atoms with Gasteiger partial charge >= 0.3 is 0 Å². The van der Waals surface area contributed by atoms with Gasteiger partial charge in [0.25, 0.3) is 0 Å². The fourth-order valence-corrected chi connectivity index (χ4v) is 3.37. The molecule has 6 heteroatoms. The minimum atomic E-state index is 0.246. The molecule has 0 radical (unpaired) electrons. The molecular formula is C11H17N5O. The highest BCUT2D eigenvalue weighted by molar-refractivity contribution is 5.79. The quantitative estimate of drug-likeness (QED) is 0.812. The van der Waals surface area contributed by atoms with Gasteiger partial charge in [-0.1, -0.05) is 5.21 Å². The SMILES string of the molecule is CN(C)C(=O)C1CC2(C1)CC(c1nn[nH]n1)C2. The van der Waals surface area contributed by atoms with Crippen LogP contribution < -0.4 is 0 Å². The lowest BCUT2D eigenvalue weighted by atomic mass is 9.48. The zero-order valence-electron chi connectivity index (χ0n) is 10.2. The molecule has 0 aromatic carbocycles. The molecule has 3 rings (SSSR count). The third-order valence-electron chi connectivity index (χ3n) is 4.23. The molecule has 2 aliphatic rings. The van der Waals surface area contributed by atoms with Crippen molar-refractivity contribution in [3.8, 4) is 0 Å². The summed E-state index contributed by atoms with van der Waals surface area (Å²) in [5, 5.41) is 14.1. The Morgan fingerprint density at radius 3 is 2.59 bits per heavy atom. The lowest BCUT2D eigenvalue weighted by Crippen LogP contribution is -2.51. The first-order valence-electron chi connectivity index (χ1n) is 6.04. The fraction of sp³-hybridized carbons (Fsp3) is 0.818. The van der Waals surface area contributed by atoms with Gasteiger partial charge in [0, 0.05) is 25.9 Å². The molecule has 0 unspecified atom stereocenters. The van der Waals surface area contributed by atoms with Gasteiger partial charge in [-0.15, -0.1) is 10.2 Å². The minimum Gasteiger partial charge on any atom is -0.349 e. The van der Waals surface area contributed by atoms with E-state index in [1.807, 2.05) is 14.1 Å². The van der Waals surface area contributed by atoms with E-state index < -0.39 is 0 Å². The number of aromatic nitrogens is 4. The molecule has 0 saturated heterocycles. The second-order valence-electron chi connectivity index (χ2n) is 5.71. The van der Waals surface area contributed by atoms with Crippen LogP contribution in [0.2, 0.25) is 0 Å². The highest BCUT2D eigenvalue weighted by atomic mass is 16.2. The van der Waals surface area contributed by atoms with Gasteiger partial charge in [-0.05, 0) is 31.1 Å². The van der Waals surface area contributed by atoms with Crippen molar-refractivity contribution in [3.05, 3.63) is 5.82 Å². The number of amides is 1. The smallest absolute Gasteiger partial charge is 0.225 e. The highest BCUT2D eigenvalue weighted by Gasteiger charge is 2.56. The Morgan fingerprint density at radius 1 is 1.35 bits per heavy atom. The standard InChI is InChI=1S/C11H17N5O/c1-16(2)10(17)8-5-11(6-8)3-7(4-11)9-12-14-15-13-9/h7-8H,3-6H2,1-2H3,(H,12,13,14,15). The van der Waals surface area contributed by atoms with Crippen LogP contribution in [-0.4, -0.2) is 45.5 Å². The van der Waals surface area contributed by atoms with Crippen LogP contribution in [0.25, 0.3) is 0 Å². The van der Waals surface area contributed by atoms with Crippen LogP contribution >= 0.6 is 0 Å². The van der Waals surface area contributed by atoms with Gasteiger partial charge in [-0.3, -0.25) is 4.79 Å². The van der Waals surface area contributed by atoms with Crippen molar-refractivity contribution in [2.75, 3.05) is 14.1 Å². The maximum Gasteiger partial charge on any atom is 0.225 e. The summed E-state index contributed by atoms with van der Waals surface area (Å²) in [6, 6.07) is 0. The summed E-state index contributed by atoms with van der Waals surface area (Å²) in [5.41, 5.74) is 0.404. The van der Waals surface area contributed by atoms with E-state index in [-0.39, 0.29) is 11.8 Å². The maximum atomic E-state index is 11.7. The predicted molar refractivity (Wildman–Crippen MR) is 60.0 cm³/mol. The Bertz CT molecular complexity index is 413. The van der Waals surface area contributed by atoms with Gasteiger partial charge in [-0.2, -0.15) is 5.21 Å². The zero-order chi connectivity index (χ0) is 12.0. The van der Waals surface area contributed by atoms with Gasteiger partial charge in [0.1, 0.15) is 0 Å². The Hall–Kier alpha value is -1.46. The number of aromatic amines is 1. The first-order valence-corrected chi connectivity index (χ1v) is 6.04. The molecule has 1 spiro atoms. The lowest BCUT2D eigenvalue weighted by Gasteiger charge is -2.56. The summed E-state index contributed by atoms with van der Waals surface area (Å²) >= 11 is 0. The number of nitrogens with zero attached hydrogens (tertiary/aromatic N) is 4. The van der Waals surface area contributed by atoms with E-state index in [1.54, 1.807) is 4.90 Å². The molecule has 0 bridgehead atoms. The Kier molecular flexibility index (Phi) is 2.21. The number of nitrogens with one attached hydrogen (secondary N) is 1. The lowest BCUT2D eigenvalue weighted by molar-refractivity contribution is -0.146. The van der Waals surface area contributed by atoms with Gasteiger partial charge in [0.15, 0.2) is 5.82 Å². The average Bonchev–Trinajstić information content (AvgIpc) is 2.65. The van der Waals surface area contributed by atoms with Gasteiger partial charge in [-0.25, -0.2) is 0 Å². The molecule has 1 aromatic heterocycles. The normalized spacial score (nSPS) is 35.2. The van der Waals surface area contributed by atoms with E-state index >= 15 is 0 Å². The predicted octanol–water partition coefficient (Wildman–Crippen LogP) is 0.562. The first-order chi connectivity index (χ1) is 8.10. The number of carbonyl (C=O) groups is 1. The minimum absolute atomic E-state index is 0.246. The summed E-state index contributed by atoms with van der Waals surface area (Å²) in [4.78, 5) is 13.5. The van der Waals surface area contributed by atoms with Crippen molar-refractivity contribution in [2.45, 2.75) is 31.6 Å². The molecule has 1 N–H and O–H groups in total. The van der Waals surface area contributed by atoms with E-state index in [1.165, 1.54) is 0 Å². The van der Waals surface area contributed by atoms with E-state index in [2.05, 4.69) is 20.6 Å². The van der Waals surface area contributed by atoms with Crippen LogP contribution in [0, 0.1) is 11.3 Å². The zero-order valence-corrected chi connectivity index (χ0v) is 10.2.